The molecule has 0 saturated carbocycles. The summed E-state index contributed by atoms with van der Waals surface area (Å²) in [4.78, 5) is 20.1. The van der Waals surface area contributed by atoms with E-state index in [0.717, 1.165) is 4.90 Å². The van der Waals surface area contributed by atoms with Crippen LogP contribution in [0.25, 0.3) is 0 Å². The van der Waals surface area contributed by atoms with Gasteiger partial charge in [-0.25, -0.2) is 9.97 Å². The van der Waals surface area contributed by atoms with Gasteiger partial charge in [0.05, 0.1) is 0 Å². The van der Waals surface area contributed by atoms with Gasteiger partial charge in [-0.2, -0.15) is 8.42 Å². The molecule has 86 valence electrons. The molecule has 0 spiro atoms. The molecule has 6 nitrogen and oxygen atoms in total. The summed E-state index contributed by atoms with van der Waals surface area (Å²) in [6.45, 7) is -0.234. The number of amides is 1. The van der Waals surface area contributed by atoms with E-state index in [2.05, 4.69) is 9.97 Å². The first-order valence-corrected chi connectivity index (χ1v) is 5.94. The molecule has 0 bridgehead atoms. The van der Waals surface area contributed by atoms with Gasteiger partial charge in [-0.05, 0) is 6.07 Å². The number of halogens is 1. The van der Waals surface area contributed by atoms with Crippen LogP contribution < -0.4 is 4.90 Å². The maximum atomic E-state index is 12.7. The maximum Gasteiger partial charge on any atom is 0.307 e. The first-order chi connectivity index (χ1) is 7.48. The fourth-order valence-corrected chi connectivity index (χ4v) is 2.16. The van der Waals surface area contributed by atoms with Gasteiger partial charge in [0.1, 0.15) is 5.25 Å². The summed E-state index contributed by atoms with van der Waals surface area (Å²) in [6.07, 6.45) is 2.48. The Morgan fingerprint density at radius 3 is 2.50 bits per heavy atom. The Kier molecular flexibility index (Phi) is 2.58. The van der Waals surface area contributed by atoms with Crippen LogP contribution in [0, 0.1) is 0 Å². The van der Waals surface area contributed by atoms with Crippen molar-refractivity contribution in [1.29, 1.82) is 0 Å². The van der Waals surface area contributed by atoms with Crippen LogP contribution in [-0.2, 0) is 15.0 Å². The van der Waals surface area contributed by atoms with Gasteiger partial charge in [0.25, 0.3) is 0 Å². The van der Waals surface area contributed by atoms with E-state index in [1.807, 2.05) is 0 Å². The highest BCUT2D eigenvalue weighted by Crippen LogP contribution is 2.22. The molecule has 1 aliphatic rings. The molecule has 0 radical (unpaired) electrons. The Hall–Kier alpha value is -1.57. The van der Waals surface area contributed by atoms with Crippen molar-refractivity contribution in [1.82, 2.24) is 9.97 Å². The second kappa shape index (κ2) is 3.78. The van der Waals surface area contributed by atoms with E-state index >= 15 is 0 Å². The van der Waals surface area contributed by atoms with Crippen molar-refractivity contribution < 1.29 is 17.1 Å². The SMILES string of the molecule is O=C1CC(S(=O)(=O)F)CN1c1ncccn1. The lowest BCUT2D eigenvalue weighted by Gasteiger charge is -2.12. The molecule has 1 atom stereocenters. The molecule has 2 heterocycles. The van der Waals surface area contributed by atoms with E-state index in [1.165, 1.54) is 12.4 Å². The van der Waals surface area contributed by atoms with Gasteiger partial charge in [0, 0.05) is 25.4 Å². The number of nitrogens with zero attached hydrogens (tertiary/aromatic N) is 3. The molecule has 1 aliphatic heterocycles. The molecule has 1 unspecified atom stereocenters. The third kappa shape index (κ3) is 2.01. The quantitative estimate of drug-likeness (QED) is 0.679. The fourth-order valence-electron chi connectivity index (χ4n) is 1.49. The van der Waals surface area contributed by atoms with Gasteiger partial charge in [0.2, 0.25) is 11.9 Å². The van der Waals surface area contributed by atoms with E-state index in [4.69, 9.17) is 0 Å². The highest BCUT2D eigenvalue weighted by Gasteiger charge is 2.39. The number of hydrogen-bond donors (Lipinski definition) is 0. The van der Waals surface area contributed by atoms with Crippen LogP contribution >= 0.6 is 0 Å². The molecule has 1 fully saturated rings. The minimum absolute atomic E-state index is 0.0960. The van der Waals surface area contributed by atoms with Crippen molar-refractivity contribution in [3.63, 3.8) is 0 Å². The largest absolute Gasteiger partial charge is 0.307 e. The molecule has 1 amide bonds. The van der Waals surface area contributed by atoms with Gasteiger partial charge in [0.15, 0.2) is 0 Å². The standard InChI is InChI=1S/C8H8FN3O3S/c9-16(14,15)6-4-7(13)12(5-6)8-10-2-1-3-11-8/h1-3,6H,4-5H2. The molecule has 0 aliphatic carbocycles. The predicted molar refractivity (Wildman–Crippen MR) is 52.8 cm³/mol. The average molecular weight is 245 g/mol. The van der Waals surface area contributed by atoms with Gasteiger partial charge in [-0.15, -0.1) is 3.89 Å². The summed E-state index contributed by atoms with van der Waals surface area (Å²) in [7, 11) is -4.69. The topological polar surface area (TPSA) is 80.2 Å². The lowest BCUT2D eigenvalue weighted by atomic mass is 10.4. The van der Waals surface area contributed by atoms with Crippen LogP contribution in [0.5, 0.6) is 0 Å². The molecule has 2 rings (SSSR count). The number of carbonyl (C=O) groups excluding carboxylic acids is 1. The van der Waals surface area contributed by atoms with Crippen molar-refractivity contribution in [2.24, 2.45) is 0 Å². The zero-order valence-corrected chi connectivity index (χ0v) is 8.89. The number of anilines is 1. The number of carbonyl (C=O) groups is 1. The molecule has 0 aromatic carbocycles. The summed E-state index contributed by atoms with van der Waals surface area (Å²) in [5.41, 5.74) is 0. The van der Waals surface area contributed by atoms with Crippen LogP contribution in [0.4, 0.5) is 9.83 Å². The first-order valence-electron chi connectivity index (χ1n) is 4.49. The number of rotatable bonds is 2. The Morgan fingerprint density at radius 1 is 1.38 bits per heavy atom. The summed E-state index contributed by atoms with van der Waals surface area (Å²) in [5.74, 6) is -0.393. The van der Waals surface area contributed by atoms with Crippen molar-refractivity contribution in [3.05, 3.63) is 18.5 Å². The monoisotopic (exact) mass is 245 g/mol. The van der Waals surface area contributed by atoms with Crippen molar-refractivity contribution in [2.45, 2.75) is 11.7 Å². The highest BCUT2D eigenvalue weighted by atomic mass is 32.3. The Bertz CT molecular complexity index is 505. The number of aromatic nitrogens is 2. The van der Waals surface area contributed by atoms with Gasteiger partial charge in [-0.1, -0.05) is 0 Å². The van der Waals surface area contributed by atoms with Crippen molar-refractivity contribution >= 4 is 22.1 Å². The molecular formula is C8H8FN3O3S. The third-order valence-electron chi connectivity index (χ3n) is 2.28. The summed E-state index contributed by atoms with van der Waals surface area (Å²) in [5, 5.41) is -1.32. The van der Waals surface area contributed by atoms with E-state index in [1.54, 1.807) is 6.07 Å². The van der Waals surface area contributed by atoms with Gasteiger partial charge >= 0.3 is 10.2 Å². The third-order valence-corrected chi connectivity index (χ3v) is 3.39. The van der Waals surface area contributed by atoms with Crippen LogP contribution in [0.3, 0.4) is 0 Å². The molecule has 8 heteroatoms. The lowest BCUT2D eigenvalue weighted by molar-refractivity contribution is -0.117. The van der Waals surface area contributed by atoms with Crippen LogP contribution in [-0.4, -0.2) is 36.1 Å². The molecule has 1 aromatic heterocycles. The first kappa shape index (κ1) is 10.9. The van der Waals surface area contributed by atoms with Gasteiger partial charge < -0.3 is 0 Å². The fraction of sp³-hybridized carbons (Fsp3) is 0.375. The van der Waals surface area contributed by atoms with Crippen molar-refractivity contribution in [2.75, 3.05) is 11.4 Å². The maximum absolute atomic E-state index is 12.7. The van der Waals surface area contributed by atoms with E-state index in [9.17, 15) is 17.1 Å². The van der Waals surface area contributed by atoms with Crippen LogP contribution in [0.2, 0.25) is 0 Å². The minimum Gasteiger partial charge on any atom is -0.279 e. The molecule has 16 heavy (non-hydrogen) atoms. The Labute approximate surface area is 91.3 Å². The normalized spacial score (nSPS) is 21.4. The zero-order valence-electron chi connectivity index (χ0n) is 8.08. The second-order valence-electron chi connectivity index (χ2n) is 3.35. The lowest BCUT2D eigenvalue weighted by Crippen LogP contribution is -2.28. The molecule has 1 saturated heterocycles. The Balaban J connectivity index is 2.25. The van der Waals surface area contributed by atoms with Gasteiger partial charge in [-0.3, -0.25) is 9.69 Å². The summed E-state index contributed by atoms with van der Waals surface area (Å²) >= 11 is 0. The minimum atomic E-state index is -4.69. The van der Waals surface area contributed by atoms with E-state index in [0.29, 0.717) is 0 Å². The molecule has 0 N–H and O–H groups in total. The smallest absolute Gasteiger partial charge is 0.279 e. The molecule has 1 aromatic rings. The van der Waals surface area contributed by atoms with Crippen LogP contribution in [0.1, 0.15) is 6.42 Å². The second-order valence-corrected chi connectivity index (χ2v) is 4.97. The van der Waals surface area contributed by atoms with E-state index in [-0.39, 0.29) is 18.9 Å². The molecular weight excluding hydrogens is 237 g/mol. The Morgan fingerprint density at radius 2 is 2.00 bits per heavy atom. The average Bonchev–Trinajstić information content (AvgIpc) is 2.61. The van der Waals surface area contributed by atoms with E-state index < -0.39 is 21.4 Å². The summed E-state index contributed by atoms with van der Waals surface area (Å²) in [6, 6.07) is 1.56. The zero-order chi connectivity index (χ0) is 11.8. The predicted octanol–water partition coefficient (Wildman–Crippen LogP) is -0.119. The van der Waals surface area contributed by atoms with Crippen LogP contribution in [0.15, 0.2) is 18.5 Å². The highest BCUT2D eigenvalue weighted by molar-refractivity contribution is 7.87. The summed E-state index contributed by atoms with van der Waals surface area (Å²) < 4.78 is 34.0. The van der Waals surface area contributed by atoms with Crippen molar-refractivity contribution in [3.8, 4) is 0 Å². The number of hydrogen-bond acceptors (Lipinski definition) is 5.